The summed E-state index contributed by atoms with van der Waals surface area (Å²) in [6.45, 7) is 2.84. The van der Waals surface area contributed by atoms with Gasteiger partial charge in [-0.1, -0.05) is 24.3 Å². The molecule has 1 unspecified atom stereocenters. The molecule has 0 aromatic heterocycles. The molecular formula is C18H21NO3. The second kappa shape index (κ2) is 6.26. The topological polar surface area (TPSA) is 38.8 Å². The Labute approximate surface area is 131 Å². The lowest BCUT2D eigenvalue weighted by molar-refractivity contribution is -0.130. The van der Waals surface area contributed by atoms with E-state index in [1.54, 1.807) is 4.90 Å². The number of benzene rings is 1. The van der Waals surface area contributed by atoms with E-state index in [0.29, 0.717) is 6.54 Å². The maximum atomic E-state index is 12.6. The van der Waals surface area contributed by atoms with Gasteiger partial charge in [0.05, 0.1) is 5.92 Å². The lowest BCUT2D eigenvalue weighted by Crippen LogP contribution is -2.32. The summed E-state index contributed by atoms with van der Waals surface area (Å²) in [5, 5.41) is 0. The van der Waals surface area contributed by atoms with Gasteiger partial charge in [0.15, 0.2) is 11.5 Å². The zero-order chi connectivity index (χ0) is 15.5. The van der Waals surface area contributed by atoms with E-state index in [1.807, 2.05) is 32.2 Å². The summed E-state index contributed by atoms with van der Waals surface area (Å²) in [7, 11) is 1.86. The molecule has 1 heterocycles. The monoisotopic (exact) mass is 299 g/mol. The molecule has 116 valence electrons. The molecule has 22 heavy (non-hydrogen) atoms. The predicted octanol–water partition coefficient (Wildman–Crippen LogP) is 3.25. The molecule has 4 nitrogen and oxygen atoms in total. The fraction of sp³-hybridized carbons (Fsp3) is 0.389. The van der Waals surface area contributed by atoms with E-state index < -0.39 is 0 Å². The van der Waals surface area contributed by atoms with Crippen LogP contribution in [-0.2, 0) is 4.79 Å². The van der Waals surface area contributed by atoms with Crippen molar-refractivity contribution in [1.29, 1.82) is 0 Å². The van der Waals surface area contributed by atoms with Gasteiger partial charge >= 0.3 is 0 Å². The maximum absolute atomic E-state index is 12.6. The molecule has 0 radical (unpaired) electrons. The molecular weight excluding hydrogens is 278 g/mol. The Morgan fingerprint density at radius 2 is 2.09 bits per heavy atom. The van der Waals surface area contributed by atoms with Gasteiger partial charge in [-0.15, -0.1) is 0 Å². The number of carbonyl (C=O) groups excluding carboxylic acids is 1. The molecule has 1 aliphatic heterocycles. The van der Waals surface area contributed by atoms with Crippen LogP contribution in [0.5, 0.6) is 11.5 Å². The summed E-state index contributed by atoms with van der Waals surface area (Å²) in [6, 6.07) is 5.70. The Kier molecular flexibility index (Phi) is 4.18. The first-order valence-corrected chi connectivity index (χ1v) is 7.65. The standard InChI is InChI=1S/C18H21NO3/c1-13(15-8-9-16-17(10-15)22-12-21-16)18(20)19(2)11-14-6-4-3-5-7-14/h4,6-10,13H,3,5,11-12H2,1-2H3. The lowest BCUT2D eigenvalue weighted by atomic mass is 9.98. The molecule has 0 bridgehead atoms. The van der Waals surface area contributed by atoms with Crippen molar-refractivity contribution in [3.8, 4) is 11.5 Å². The predicted molar refractivity (Wildman–Crippen MR) is 85.1 cm³/mol. The molecule has 3 rings (SSSR count). The molecule has 1 amide bonds. The summed E-state index contributed by atoms with van der Waals surface area (Å²) in [4.78, 5) is 14.4. The Balaban J connectivity index is 1.68. The van der Waals surface area contributed by atoms with E-state index >= 15 is 0 Å². The van der Waals surface area contributed by atoms with Gasteiger partial charge in [0, 0.05) is 13.6 Å². The smallest absolute Gasteiger partial charge is 0.231 e. The fourth-order valence-corrected chi connectivity index (χ4v) is 2.79. The molecule has 0 N–H and O–H groups in total. The molecule has 0 spiro atoms. The number of hydrogen-bond acceptors (Lipinski definition) is 3. The Hall–Kier alpha value is -2.23. The van der Waals surface area contributed by atoms with Crippen LogP contribution in [0.1, 0.15) is 31.2 Å². The van der Waals surface area contributed by atoms with Crippen molar-refractivity contribution in [2.24, 2.45) is 0 Å². The minimum atomic E-state index is -0.201. The van der Waals surface area contributed by atoms with E-state index in [1.165, 1.54) is 5.57 Å². The number of likely N-dealkylation sites (N-methyl/N-ethyl adjacent to an activating group) is 1. The average molecular weight is 299 g/mol. The van der Waals surface area contributed by atoms with E-state index in [0.717, 1.165) is 29.9 Å². The van der Waals surface area contributed by atoms with Crippen LogP contribution in [0, 0.1) is 0 Å². The van der Waals surface area contributed by atoms with Crippen LogP contribution >= 0.6 is 0 Å². The zero-order valence-corrected chi connectivity index (χ0v) is 13.0. The van der Waals surface area contributed by atoms with Crippen molar-refractivity contribution in [3.05, 3.63) is 47.6 Å². The van der Waals surface area contributed by atoms with Crippen LogP contribution in [0.3, 0.4) is 0 Å². The third-order valence-electron chi connectivity index (χ3n) is 4.13. The first-order chi connectivity index (χ1) is 10.6. The van der Waals surface area contributed by atoms with Gasteiger partial charge in [0.25, 0.3) is 0 Å². The summed E-state index contributed by atoms with van der Waals surface area (Å²) < 4.78 is 10.7. The highest BCUT2D eigenvalue weighted by atomic mass is 16.7. The molecule has 0 saturated heterocycles. The number of nitrogens with zero attached hydrogens (tertiary/aromatic N) is 1. The van der Waals surface area contributed by atoms with Crippen molar-refractivity contribution in [3.63, 3.8) is 0 Å². The van der Waals surface area contributed by atoms with Crippen molar-refractivity contribution in [1.82, 2.24) is 4.90 Å². The van der Waals surface area contributed by atoms with Gasteiger partial charge in [0.1, 0.15) is 0 Å². The molecule has 0 saturated carbocycles. The highest BCUT2D eigenvalue weighted by molar-refractivity contribution is 5.83. The van der Waals surface area contributed by atoms with Crippen molar-refractivity contribution >= 4 is 5.91 Å². The van der Waals surface area contributed by atoms with E-state index in [9.17, 15) is 4.79 Å². The minimum absolute atomic E-state index is 0.110. The lowest BCUT2D eigenvalue weighted by Gasteiger charge is -2.23. The minimum Gasteiger partial charge on any atom is -0.454 e. The first kappa shape index (κ1) is 14.7. The highest BCUT2D eigenvalue weighted by Crippen LogP contribution is 2.35. The quantitative estimate of drug-likeness (QED) is 0.856. The normalized spacial score (nSPS) is 17.1. The van der Waals surface area contributed by atoms with Crippen molar-refractivity contribution in [2.75, 3.05) is 20.4 Å². The SMILES string of the molecule is CC(C(=O)N(C)CC1=CCCC=C1)c1ccc2c(c1)OCO2. The maximum Gasteiger partial charge on any atom is 0.231 e. The zero-order valence-electron chi connectivity index (χ0n) is 13.0. The summed E-state index contributed by atoms with van der Waals surface area (Å²) in [5.41, 5.74) is 2.16. The van der Waals surface area contributed by atoms with E-state index in [2.05, 4.69) is 18.2 Å². The van der Waals surface area contributed by atoms with Gasteiger partial charge in [-0.25, -0.2) is 0 Å². The van der Waals surface area contributed by atoms with E-state index in [-0.39, 0.29) is 18.6 Å². The molecule has 2 aliphatic rings. The van der Waals surface area contributed by atoms with E-state index in [4.69, 9.17) is 9.47 Å². The summed E-state index contributed by atoms with van der Waals surface area (Å²) >= 11 is 0. The summed E-state index contributed by atoms with van der Waals surface area (Å²) in [5.74, 6) is 1.37. The van der Waals surface area contributed by atoms with Gasteiger partial charge in [0.2, 0.25) is 12.7 Å². The highest BCUT2D eigenvalue weighted by Gasteiger charge is 2.22. The molecule has 4 heteroatoms. The number of fused-ring (bicyclic) bond motifs is 1. The van der Waals surface area contributed by atoms with Crippen LogP contribution in [0.25, 0.3) is 0 Å². The number of hydrogen-bond donors (Lipinski definition) is 0. The number of carbonyl (C=O) groups is 1. The van der Waals surface area contributed by atoms with Gasteiger partial charge in [-0.2, -0.15) is 0 Å². The van der Waals surface area contributed by atoms with Crippen molar-refractivity contribution in [2.45, 2.75) is 25.7 Å². The van der Waals surface area contributed by atoms with Gasteiger partial charge < -0.3 is 14.4 Å². The van der Waals surface area contributed by atoms with Crippen molar-refractivity contribution < 1.29 is 14.3 Å². The Morgan fingerprint density at radius 3 is 2.86 bits per heavy atom. The Bertz CT molecular complexity index is 633. The summed E-state index contributed by atoms with van der Waals surface area (Å²) in [6.07, 6.45) is 8.63. The first-order valence-electron chi connectivity index (χ1n) is 7.65. The Morgan fingerprint density at radius 1 is 1.27 bits per heavy atom. The molecule has 1 aromatic carbocycles. The second-order valence-corrected chi connectivity index (χ2v) is 5.79. The molecule has 0 fully saturated rings. The largest absolute Gasteiger partial charge is 0.454 e. The second-order valence-electron chi connectivity index (χ2n) is 5.79. The van der Waals surface area contributed by atoms with Crippen LogP contribution in [0.15, 0.2) is 42.0 Å². The number of amides is 1. The van der Waals surface area contributed by atoms with Crippen LogP contribution in [-0.4, -0.2) is 31.2 Å². The van der Waals surface area contributed by atoms with Crippen LogP contribution in [0.4, 0.5) is 0 Å². The van der Waals surface area contributed by atoms with Crippen LogP contribution in [0.2, 0.25) is 0 Å². The van der Waals surface area contributed by atoms with Crippen LogP contribution < -0.4 is 9.47 Å². The van der Waals surface area contributed by atoms with Gasteiger partial charge in [-0.05, 0) is 43.0 Å². The third-order valence-corrected chi connectivity index (χ3v) is 4.13. The number of allylic oxidation sites excluding steroid dienone is 2. The molecule has 1 aliphatic carbocycles. The fourth-order valence-electron chi connectivity index (χ4n) is 2.79. The van der Waals surface area contributed by atoms with Gasteiger partial charge in [-0.3, -0.25) is 4.79 Å². The molecule has 1 aromatic rings. The molecule has 1 atom stereocenters. The third kappa shape index (κ3) is 3.01. The number of ether oxygens (including phenoxy) is 2. The average Bonchev–Trinajstić information content (AvgIpc) is 3.02. The number of rotatable bonds is 4.